The van der Waals surface area contributed by atoms with Gasteiger partial charge in [-0.2, -0.15) is 4.31 Å². The van der Waals surface area contributed by atoms with E-state index in [1.165, 1.54) is 17.4 Å². The third kappa shape index (κ3) is 3.43. The van der Waals surface area contributed by atoms with Crippen molar-refractivity contribution in [1.29, 1.82) is 0 Å². The van der Waals surface area contributed by atoms with Crippen LogP contribution in [0.25, 0.3) is 0 Å². The Morgan fingerprint density at radius 1 is 1.50 bits per heavy atom. The van der Waals surface area contributed by atoms with Crippen LogP contribution in [-0.4, -0.2) is 32.4 Å². The molecule has 8 heteroatoms. The number of nitrogens with two attached hydrogens (primary N) is 1. The predicted molar refractivity (Wildman–Crippen MR) is 79.2 cm³/mol. The van der Waals surface area contributed by atoms with Crippen LogP contribution < -0.4 is 5.73 Å². The fourth-order valence-electron chi connectivity index (χ4n) is 2.13. The van der Waals surface area contributed by atoms with Gasteiger partial charge >= 0.3 is 0 Å². The van der Waals surface area contributed by atoms with E-state index in [9.17, 15) is 12.8 Å². The number of benzene rings is 1. The lowest BCUT2D eigenvalue weighted by molar-refractivity contribution is 0.340. The fourth-order valence-corrected chi connectivity index (χ4v) is 4.04. The molecule has 0 heterocycles. The van der Waals surface area contributed by atoms with E-state index in [0.29, 0.717) is 0 Å². The first-order chi connectivity index (χ1) is 8.87. The van der Waals surface area contributed by atoms with Gasteiger partial charge in [-0.3, -0.25) is 0 Å². The Bertz CT molecular complexity index is 579. The summed E-state index contributed by atoms with van der Waals surface area (Å²) in [7, 11) is -2.36. The fraction of sp³-hybridized carbons (Fsp3) is 0.500. The monoisotopic (exact) mass is 342 g/mol. The molecule has 2 N–H and O–H groups in total. The first kappa shape index (κ1) is 17.7. The maximum absolute atomic E-state index is 13.2. The van der Waals surface area contributed by atoms with Crippen molar-refractivity contribution in [3.63, 3.8) is 0 Å². The Balaban J connectivity index is 0.00000200. The van der Waals surface area contributed by atoms with Crippen molar-refractivity contribution in [3.05, 3.63) is 29.0 Å². The first-order valence-electron chi connectivity index (χ1n) is 6.01. The van der Waals surface area contributed by atoms with E-state index in [-0.39, 0.29) is 40.8 Å². The largest absolute Gasteiger partial charge is 0.329 e. The molecule has 1 aromatic carbocycles. The summed E-state index contributed by atoms with van der Waals surface area (Å²) in [5.74, 6) is -0.343. The van der Waals surface area contributed by atoms with E-state index in [0.717, 1.165) is 25.0 Å². The van der Waals surface area contributed by atoms with Crippen LogP contribution in [0.5, 0.6) is 0 Å². The van der Waals surface area contributed by atoms with Crippen LogP contribution in [0.2, 0.25) is 5.02 Å². The molecule has 20 heavy (non-hydrogen) atoms. The van der Waals surface area contributed by atoms with Gasteiger partial charge in [-0.15, -0.1) is 12.4 Å². The lowest BCUT2D eigenvalue weighted by Crippen LogP contribution is -2.43. The number of nitrogens with zero attached hydrogens (tertiary/aromatic N) is 1. The van der Waals surface area contributed by atoms with Crippen molar-refractivity contribution in [2.24, 2.45) is 11.7 Å². The van der Waals surface area contributed by atoms with Gasteiger partial charge in [-0.05, 0) is 37.0 Å². The second-order valence-corrected chi connectivity index (χ2v) is 7.11. The van der Waals surface area contributed by atoms with Gasteiger partial charge in [0.15, 0.2) is 0 Å². The van der Waals surface area contributed by atoms with Crippen LogP contribution in [0.1, 0.15) is 12.8 Å². The smallest absolute Gasteiger partial charge is 0.244 e. The van der Waals surface area contributed by atoms with E-state index >= 15 is 0 Å². The molecule has 1 fully saturated rings. The van der Waals surface area contributed by atoms with Gasteiger partial charge in [0.1, 0.15) is 10.7 Å². The molecular formula is C12H17Cl2FN2O2S. The minimum Gasteiger partial charge on any atom is -0.329 e. The lowest BCUT2D eigenvalue weighted by Gasteiger charge is -2.26. The third-order valence-corrected chi connectivity index (χ3v) is 5.79. The molecule has 0 saturated heterocycles. The maximum Gasteiger partial charge on any atom is 0.244 e. The Hall–Kier alpha value is -0.400. The number of halogens is 3. The minimum atomic E-state index is -3.83. The van der Waals surface area contributed by atoms with Crippen molar-refractivity contribution >= 4 is 34.0 Å². The molecule has 114 valence electrons. The summed E-state index contributed by atoms with van der Waals surface area (Å²) >= 11 is 5.86. The second-order valence-electron chi connectivity index (χ2n) is 4.74. The van der Waals surface area contributed by atoms with Gasteiger partial charge in [0.2, 0.25) is 10.0 Å². The maximum atomic E-state index is 13.2. The van der Waals surface area contributed by atoms with Crippen molar-refractivity contribution in [1.82, 2.24) is 4.31 Å². The average molecular weight is 343 g/mol. The predicted octanol–water partition coefficient (Wildman–Crippen LogP) is 2.26. The van der Waals surface area contributed by atoms with Crippen molar-refractivity contribution in [2.75, 3.05) is 13.6 Å². The van der Waals surface area contributed by atoms with Crippen molar-refractivity contribution in [3.8, 4) is 0 Å². The van der Waals surface area contributed by atoms with Crippen LogP contribution >= 0.6 is 24.0 Å². The van der Waals surface area contributed by atoms with Gasteiger partial charge in [-0.25, -0.2) is 12.8 Å². The number of hydrogen-bond donors (Lipinski definition) is 1. The zero-order chi connectivity index (χ0) is 14.2. The lowest BCUT2D eigenvalue weighted by atomic mass is 10.2. The normalized spacial score (nSPS) is 16.9. The molecule has 1 saturated carbocycles. The molecule has 0 aliphatic heterocycles. The third-order valence-electron chi connectivity index (χ3n) is 3.42. The highest BCUT2D eigenvalue weighted by Crippen LogP contribution is 2.37. The number of rotatable bonds is 5. The summed E-state index contributed by atoms with van der Waals surface area (Å²) < 4.78 is 39.4. The Morgan fingerprint density at radius 3 is 2.60 bits per heavy atom. The molecule has 0 amide bonds. The molecule has 0 radical (unpaired) electrons. The zero-order valence-corrected chi connectivity index (χ0v) is 13.3. The molecule has 1 aliphatic carbocycles. The van der Waals surface area contributed by atoms with E-state index in [1.807, 2.05) is 0 Å². The molecular weight excluding hydrogens is 326 g/mol. The standard InChI is InChI=1S/C12H16ClFN2O2S.ClH/c1-16(11(7-15)8-2-3-8)19(17,18)12-6-9(14)4-5-10(12)13;/h4-6,8,11H,2-3,7,15H2,1H3;1H. The summed E-state index contributed by atoms with van der Waals surface area (Å²) in [6, 6.07) is 3.05. The molecule has 1 unspecified atom stereocenters. The van der Waals surface area contributed by atoms with Crippen LogP contribution in [0.4, 0.5) is 4.39 Å². The molecule has 4 nitrogen and oxygen atoms in total. The van der Waals surface area contributed by atoms with Gasteiger partial charge in [-0.1, -0.05) is 11.6 Å². The highest BCUT2D eigenvalue weighted by Gasteiger charge is 2.38. The SMILES string of the molecule is CN(C(CN)C1CC1)S(=O)(=O)c1cc(F)ccc1Cl.Cl. The van der Waals surface area contributed by atoms with Gasteiger partial charge in [0.25, 0.3) is 0 Å². The number of likely N-dealkylation sites (N-methyl/N-ethyl adjacent to an activating group) is 1. The molecule has 0 spiro atoms. The highest BCUT2D eigenvalue weighted by molar-refractivity contribution is 7.89. The number of hydrogen-bond acceptors (Lipinski definition) is 3. The Kier molecular flexibility index (Phi) is 5.80. The Morgan fingerprint density at radius 2 is 2.10 bits per heavy atom. The molecule has 1 aromatic rings. The summed E-state index contributed by atoms with van der Waals surface area (Å²) in [4.78, 5) is -0.212. The van der Waals surface area contributed by atoms with E-state index in [4.69, 9.17) is 17.3 Å². The zero-order valence-electron chi connectivity index (χ0n) is 10.9. The van der Waals surface area contributed by atoms with E-state index in [2.05, 4.69) is 0 Å². The van der Waals surface area contributed by atoms with Gasteiger partial charge in [0, 0.05) is 19.6 Å². The van der Waals surface area contributed by atoms with Gasteiger partial charge < -0.3 is 5.73 Å². The summed E-state index contributed by atoms with van der Waals surface area (Å²) in [6.45, 7) is 0.243. The van der Waals surface area contributed by atoms with Crippen molar-refractivity contribution in [2.45, 2.75) is 23.8 Å². The van der Waals surface area contributed by atoms with Crippen LogP contribution in [0.15, 0.2) is 23.1 Å². The van der Waals surface area contributed by atoms with Crippen LogP contribution in [0.3, 0.4) is 0 Å². The van der Waals surface area contributed by atoms with Gasteiger partial charge in [0.05, 0.1) is 5.02 Å². The number of sulfonamides is 1. The molecule has 1 atom stereocenters. The topological polar surface area (TPSA) is 63.4 Å². The van der Waals surface area contributed by atoms with Crippen LogP contribution in [0, 0.1) is 11.7 Å². The highest BCUT2D eigenvalue weighted by atomic mass is 35.5. The summed E-state index contributed by atoms with van der Waals surface area (Å²) in [6.07, 6.45) is 1.94. The minimum absolute atomic E-state index is 0. The molecule has 2 rings (SSSR count). The Labute approximate surface area is 129 Å². The van der Waals surface area contributed by atoms with E-state index < -0.39 is 15.8 Å². The molecule has 0 bridgehead atoms. The first-order valence-corrected chi connectivity index (χ1v) is 7.83. The quantitative estimate of drug-likeness (QED) is 0.892. The summed E-state index contributed by atoms with van der Waals surface area (Å²) in [5, 5.41) is 0.0137. The molecule has 0 aromatic heterocycles. The van der Waals surface area contributed by atoms with Crippen LogP contribution in [-0.2, 0) is 10.0 Å². The second kappa shape index (κ2) is 6.58. The summed E-state index contributed by atoms with van der Waals surface area (Å²) in [5.41, 5.74) is 5.64. The van der Waals surface area contributed by atoms with Crippen molar-refractivity contribution < 1.29 is 12.8 Å². The molecule has 1 aliphatic rings. The average Bonchev–Trinajstić information content (AvgIpc) is 3.17. The van der Waals surface area contributed by atoms with E-state index in [1.54, 1.807) is 0 Å².